The molecule has 98 valence electrons. The fraction of sp³-hybridized carbons (Fsp3) is 0.200. The van der Waals surface area contributed by atoms with Crippen molar-refractivity contribution >= 4 is 17.9 Å². The van der Waals surface area contributed by atoms with Crippen molar-refractivity contribution in [3.8, 4) is 11.1 Å². The zero-order valence-corrected chi connectivity index (χ0v) is 12.5. The number of hydrogen-bond acceptors (Lipinski definition) is 1. The molecule has 0 radical (unpaired) electrons. The molecule has 0 saturated heterocycles. The summed E-state index contributed by atoms with van der Waals surface area (Å²) in [5.41, 5.74) is 4.18. The first-order valence-corrected chi connectivity index (χ1v) is 8.82. The highest BCUT2D eigenvalue weighted by Crippen LogP contribution is 2.71. The number of nitrogens with zero attached hydrogens (tertiary/aromatic N) is 1. The lowest BCUT2D eigenvalue weighted by Crippen LogP contribution is -2.10. The maximum atomic E-state index is 12.9. The van der Waals surface area contributed by atoms with Gasteiger partial charge in [0.15, 0.2) is 0 Å². The minimum atomic E-state index is -2.97. The van der Waals surface area contributed by atoms with Crippen molar-refractivity contribution in [1.29, 1.82) is 0 Å². The first kappa shape index (κ1) is 12.9. The number of fused-ring (bicyclic) bond motifs is 3. The lowest BCUT2D eigenvalue weighted by molar-refractivity contribution is 0.523. The van der Waals surface area contributed by atoms with E-state index in [0.717, 1.165) is 22.3 Å². The molecule has 4 heteroatoms. The van der Waals surface area contributed by atoms with E-state index in [9.17, 15) is 4.57 Å². The molecule has 0 amide bonds. The molecule has 2 aromatic carbocycles. The van der Waals surface area contributed by atoms with Gasteiger partial charge in [0.25, 0.3) is 0 Å². The van der Waals surface area contributed by atoms with Crippen LogP contribution in [-0.2, 0) is 4.57 Å². The molecule has 1 aliphatic carbocycles. The molecular weight excluding hydrogens is 277 g/mol. The maximum Gasteiger partial charge on any atom is 0.245 e. The zero-order valence-electron chi connectivity index (χ0n) is 10.9. The van der Waals surface area contributed by atoms with Crippen molar-refractivity contribution in [2.24, 2.45) is 0 Å². The topological polar surface area (TPSA) is 20.3 Å². The molecule has 0 fully saturated rings. The number of hydrogen-bond donors (Lipinski definition) is 0. The molecule has 0 aromatic heterocycles. The van der Waals surface area contributed by atoms with Crippen molar-refractivity contribution in [1.82, 2.24) is 4.67 Å². The first-order chi connectivity index (χ1) is 9.03. The lowest BCUT2D eigenvalue weighted by atomic mass is 10.1. The number of rotatable bonds is 2. The van der Waals surface area contributed by atoms with Crippen LogP contribution in [0.1, 0.15) is 16.8 Å². The van der Waals surface area contributed by atoms with Gasteiger partial charge in [-0.3, -0.25) is 4.57 Å². The van der Waals surface area contributed by atoms with Crippen LogP contribution in [0.5, 0.6) is 0 Å². The second kappa shape index (κ2) is 4.49. The third-order valence-corrected chi connectivity index (χ3v) is 7.44. The summed E-state index contributed by atoms with van der Waals surface area (Å²) in [6, 6.07) is 16.2. The number of halogens is 1. The van der Waals surface area contributed by atoms with Crippen LogP contribution in [0.3, 0.4) is 0 Å². The summed E-state index contributed by atoms with van der Waals surface area (Å²) in [6.45, 7) is -2.97. The molecule has 1 unspecified atom stereocenters. The SMILES string of the molecule is CN(C)P(=O)(Cl)C1c2ccccc2-c2ccccc21. The minimum Gasteiger partial charge on any atom is -0.288 e. The Balaban J connectivity index is 2.29. The number of benzene rings is 2. The Kier molecular flexibility index (Phi) is 3.05. The normalized spacial score (nSPS) is 17.1. The van der Waals surface area contributed by atoms with Crippen LogP contribution in [0.15, 0.2) is 48.5 Å². The predicted molar refractivity (Wildman–Crippen MR) is 80.9 cm³/mol. The van der Waals surface area contributed by atoms with Gasteiger partial charge in [-0.1, -0.05) is 48.5 Å². The van der Waals surface area contributed by atoms with Gasteiger partial charge >= 0.3 is 0 Å². The summed E-state index contributed by atoms with van der Waals surface area (Å²) in [5.74, 6) is 0. The molecule has 0 heterocycles. The average Bonchev–Trinajstić information content (AvgIpc) is 2.73. The fourth-order valence-electron chi connectivity index (χ4n) is 2.70. The van der Waals surface area contributed by atoms with Gasteiger partial charge in [0, 0.05) is 0 Å². The standard InChI is InChI=1S/C15H15ClNOP/c1-17(2)19(16,18)15-13-9-5-3-7-11(13)12-8-4-6-10-14(12)15/h3-10,15H,1-2H3. The summed E-state index contributed by atoms with van der Waals surface area (Å²) in [6.07, 6.45) is 0. The average molecular weight is 292 g/mol. The van der Waals surface area contributed by atoms with Crippen molar-refractivity contribution in [2.45, 2.75) is 5.66 Å². The third-order valence-electron chi connectivity index (χ3n) is 3.66. The molecule has 3 rings (SSSR count). The molecule has 1 atom stereocenters. The van der Waals surface area contributed by atoms with E-state index in [0.29, 0.717) is 0 Å². The van der Waals surface area contributed by atoms with E-state index < -0.39 is 6.65 Å². The molecular formula is C15H15ClNOP. The van der Waals surface area contributed by atoms with Gasteiger partial charge in [0.2, 0.25) is 6.65 Å². The van der Waals surface area contributed by atoms with Crippen LogP contribution in [0, 0.1) is 0 Å². The second-order valence-corrected chi connectivity index (χ2v) is 8.83. The summed E-state index contributed by atoms with van der Waals surface area (Å²) < 4.78 is 14.6. The molecule has 19 heavy (non-hydrogen) atoms. The highest BCUT2D eigenvalue weighted by atomic mass is 35.7. The highest BCUT2D eigenvalue weighted by Gasteiger charge is 2.42. The monoisotopic (exact) mass is 291 g/mol. The molecule has 0 saturated carbocycles. The summed E-state index contributed by atoms with van der Waals surface area (Å²) in [4.78, 5) is 0. The maximum absolute atomic E-state index is 12.9. The molecule has 0 bridgehead atoms. The molecule has 2 aromatic rings. The van der Waals surface area contributed by atoms with Gasteiger partial charge < -0.3 is 0 Å². The Morgan fingerprint density at radius 3 is 1.79 bits per heavy atom. The summed E-state index contributed by atoms with van der Waals surface area (Å²) in [7, 11) is 3.55. The Morgan fingerprint density at radius 2 is 1.37 bits per heavy atom. The molecule has 2 nitrogen and oxygen atoms in total. The van der Waals surface area contributed by atoms with Gasteiger partial charge in [-0.25, -0.2) is 4.67 Å². The van der Waals surface area contributed by atoms with E-state index in [-0.39, 0.29) is 5.66 Å². The van der Waals surface area contributed by atoms with Gasteiger partial charge in [0.1, 0.15) is 0 Å². The summed E-state index contributed by atoms with van der Waals surface area (Å²) >= 11 is 6.41. The van der Waals surface area contributed by atoms with E-state index in [1.165, 1.54) is 0 Å². The van der Waals surface area contributed by atoms with Crippen LogP contribution < -0.4 is 0 Å². The van der Waals surface area contributed by atoms with Crippen LogP contribution >= 0.6 is 17.9 Å². The molecule has 0 spiro atoms. The van der Waals surface area contributed by atoms with Gasteiger partial charge in [-0.2, -0.15) is 0 Å². The second-order valence-electron chi connectivity index (χ2n) is 4.97. The van der Waals surface area contributed by atoms with Crippen LogP contribution in [-0.4, -0.2) is 18.8 Å². The van der Waals surface area contributed by atoms with Gasteiger partial charge in [0.05, 0.1) is 5.66 Å². The quantitative estimate of drug-likeness (QED) is 0.744. The Labute approximate surface area is 118 Å². The Morgan fingerprint density at radius 1 is 0.947 bits per heavy atom. The summed E-state index contributed by atoms with van der Waals surface area (Å²) in [5, 5.41) is 0. The Bertz CT molecular complexity index is 638. The van der Waals surface area contributed by atoms with E-state index in [2.05, 4.69) is 12.1 Å². The van der Waals surface area contributed by atoms with E-state index in [1.54, 1.807) is 18.8 Å². The Hall–Kier alpha value is -1.08. The smallest absolute Gasteiger partial charge is 0.245 e. The molecule has 0 aliphatic heterocycles. The third kappa shape index (κ3) is 1.87. The van der Waals surface area contributed by atoms with Crippen molar-refractivity contribution in [3.63, 3.8) is 0 Å². The minimum absolute atomic E-state index is 0.239. The lowest BCUT2D eigenvalue weighted by Gasteiger charge is -2.25. The van der Waals surface area contributed by atoms with Crippen LogP contribution in [0.4, 0.5) is 0 Å². The van der Waals surface area contributed by atoms with E-state index in [1.807, 2.05) is 36.4 Å². The largest absolute Gasteiger partial charge is 0.288 e. The first-order valence-electron chi connectivity index (χ1n) is 6.19. The van der Waals surface area contributed by atoms with Crippen molar-refractivity contribution in [2.75, 3.05) is 14.1 Å². The van der Waals surface area contributed by atoms with Crippen molar-refractivity contribution in [3.05, 3.63) is 59.7 Å². The highest BCUT2D eigenvalue weighted by molar-refractivity contribution is 7.87. The van der Waals surface area contributed by atoms with Gasteiger partial charge in [-0.05, 0) is 47.6 Å². The van der Waals surface area contributed by atoms with E-state index in [4.69, 9.17) is 11.2 Å². The van der Waals surface area contributed by atoms with E-state index >= 15 is 0 Å². The van der Waals surface area contributed by atoms with Crippen LogP contribution in [0.25, 0.3) is 11.1 Å². The molecule has 1 aliphatic rings. The zero-order chi connectivity index (χ0) is 13.6. The molecule has 0 N–H and O–H groups in total. The van der Waals surface area contributed by atoms with Gasteiger partial charge in [-0.15, -0.1) is 0 Å². The predicted octanol–water partition coefficient (Wildman–Crippen LogP) is 4.75. The van der Waals surface area contributed by atoms with Crippen molar-refractivity contribution < 1.29 is 4.57 Å². The fourth-order valence-corrected chi connectivity index (χ4v) is 4.93. The van der Waals surface area contributed by atoms with Crippen LogP contribution in [0.2, 0.25) is 0 Å².